The molecule has 258 valence electrons. The van der Waals surface area contributed by atoms with Crippen LogP contribution in [0.1, 0.15) is 62.1 Å². The maximum Gasteiger partial charge on any atom is 0.322 e. The van der Waals surface area contributed by atoms with E-state index in [0.717, 1.165) is 47.8 Å². The summed E-state index contributed by atoms with van der Waals surface area (Å²) in [6.45, 7) is 9.27. The van der Waals surface area contributed by atoms with Crippen LogP contribution in [0.25, 0.3) is 0 Å². The van der Waals surface area contributed by atoms with E-state index in [2.05, 4.69) is 15.1 Å². The highest BCUT2D eigenvalue weighted by molar-refractivity contribution is 6.33. The Kier molecular flexibility index (Phi) is 9.85. The molecule has 6 aliphatic rings. The van der Waals surface area contributed by atoms with E-state index in [1.807, 2.05) is 58.0 Å². The molecule has 4 amide bonds. The van der Waals surface area contributed by atoms with Crippen molar-refractivity contribution in [2.75, 3.05) is 63.4 Å². The van der Waals surface area contributed by atoms with Crippen LogP contribution in [0.5, 0.6) is 0 Å². The minimum absolute atomic E-state index is 0.00200. The molecule has 1 unspecified atom stereocenters. The van der Waals surface area contributed by atoms with E-state index >= 15 is 0 Å². The molecule has 0 spiro atoms. The number of nitrogen functional groups attached to an aromatic ring is 1. The Bertz CT molecular complexity index is 1510. The van der Waals surface area contributed by atoms with E-state index in [1.54, 1.807) is 0 Å². The number of piperidine rings is 4. The number of benzene rings is 2. The molecule has 5 saturated heterocycles. The number of hydrogen-bond donors (Lipinski definition) is 2. The van der Waals surface area contributed by atoms with Gasteiger partial charge in [-0.1, -0.05) is 42.8 Å². The van der Waals surface area contributed by atoms with E-state index in [1.165, 1.54) is 32.4 Å². The summed E-state index contributed by atoms with van der Waals surface area (Å²) in [5.41, 5.74) is 10.7. The Morgan fingerprint density at radius 3 is 2.33 bits per heavy atom. The number of nitrogens with one attached hydrogen (secondary N) is 1. The van der Waals surface area contributed by atoms with Gasteiger partial charge in [-0.2, -0.15) is 0 Å². The number of nitrogens with two attached hydrogens (primary N) is 1. The van der Waals surface area contributed by atoms with Gasteiger partial charge in [0.1, 0.15) is 0 Å². The Labute approximate surface area is 289 Å². The zero-order valence-corrected chi connectivity index (χ0v) is 29.0. The number of carbonyl (C=O) groups excluding carboxylic acids is 3. The summed E-state index contributed by atoms with van der Waals surface area (Å²) in [5, 5.41) is 3.52. The number of anilines is 2. The van der Waals surface area contributed by atoms with Crippen LogP contribution < -0.4 is 11.1 Å². The normalized spacial score (nSPS) is 25.5. The molecular formula is C37H50ClN7O3. The van der Waals surface area contributed by atoms with Gasteiger partial charge in [-0.15, -0.1) is 0 Å². The van der Waals surface area contributed by atoms with Crippen LogP contribution >= 0.6 is 11.6 Å². The van der Waals surface area contributed by atoms with Crippen molar-refractivity contribution >= 4 is 40.8 Å². The van der Waals surface area contributed by atoms with Gasteiger partial charge >= 0.3 is 6.03 Å². The third kappa shape index (κ3) is 6.89. The van der Waals surface area contributed by atoms with Gasteiger partial charge < -0.3 is 25.8 Å². The van der Waals surface area contributed by atoms with E-state index in [4.69, 9.17) is 17.3 Å². The Balaban J connectivity index is 1.00. The van der Waals surface area contributed by atoms with Crippen LogP contribution in [-0.2, 0) is 29.0 Å². The molecule has 3 N–H and O–H groups in total. The van der Waals surface area contributed by atoms with E-state index in [0.29, 0.717) is 68.9 Å². The number of aryl methyl sites for hydroxylation is 1. The van der Waals surface area contributed by atoms with Crippen molar-refractivity contribution in [3.63, 3.8) is 0 Å². The SMILES string of the molecule is CCc1cc(C[C@@H](CC(=O)N2CCC(N3Cc4ccccc4NC3=O)CC2)C(=O)N2CCN(C3CC4CCN3CC4)CC2)cc(Cl)c1N. The van der Waals surface area contributed by atoms with Crippen molar-refractivity contribution in [2.24, 2.45) is 11.8 Å². The lowest BCUT2D eigenvalue weighted by Gasteiger charge is -2.51. The third-order valence-electron chi connectivity index (χ3n) is 11.7. The van der Waals surface area contributed by atoms with Crippen molar-refractivity contribution in [1.82, 2.24) is 24.5 Å². The summed E-state index contributed by atoms with van der Waals surface area (Å²) in [7, 11) is 0. The molecule has 48 heavy (non-hydrogen) atoms. The second-order valence-corrected chi connectivity index (χ2v) is 14.9. The van der Waals surface area contributed by atoms with Gasteiger partial charge in [-0.05, 0) is 92.8 Å². The Hall–Kier alpha value is -3.34. The minimum Gasteiger partial charge on any atom is -0.397 e. The van der Waals surface area contributed by atoms with E-state index in [-0.39, 0.29) is 30.3 Å². The van der Waals surface area contributed by atoms with Crippen LogP contribution in [0.2, 0.25) is 5.02 Å². The van der Waals surface area contributed by atoms with Gasteiger partial charge in [-0.3, -0.25) is 19.4 Å². The molecule has 0 aromatic heterocycles. The number of piperazine rings is 1. The quantitative estimate of drug-likeness (QED) is 0.395. The van der Waals surface area contributed by atoms with E-state index < -0.39 is 5.92 Å². The first-order chi connectivity index (χ1) is 23.3. The topological polar surface area (TPSA) is 105 Å². The molecular weight excluding hydrogens is 626 g/mol. The lowest BCUT2D eigenvalue weighted by atomic mass is 9.85. The Morgan fingerprint density at radius 1 is 0.938 bits per heavy atom. The molecule has 0 aliphatic carbocycles. The van der Waals surface area contributed by atoms with Gasteiger partial charge in [0.2, 0.25) is 11.8 Å². The number of likely N-dealkylation sites (tertiary alicyclic amines) is 1. The highest BCUT2D eigenvalue weighted by Crippen LogP contribution is 2.34. The number of fused-ring (bicyclic) bond motifs is 4. The number of para-hydroxylation sites is 1. The third-order valence-corrected chi connectivity index (χ3v) is 12.0. The predicted molar refractivity (Wildman–Crippen MR) is 189 cm³/mol. The van der Waals surface area contributed by atoms with Crippen molar-refractivity contribution in [3.8, 4) is 0 Å². The number of amides is 4. The molecule has 8 rings (SSSR count). The van der Waals surface area contributed by atoms with E-state index in [9.17, 15) is 14.4 Å². The van der Waals surface area contributed by atoms with Crippen molar-refractivity contribution in [3.05, 3.63) is 58.1 Å². The van der Waals surface area contributed by atoms with Gasteiger partial charge in [0.05, 0.1) is 22.8 Å². The fraction of sp³-hybridized carbons (Fsp3) is 0.595. The second-order valence-electron chi connectivity index (χ2n) is 14.5. The highest BCUT2D eigenvalue weighted by Gasteiger charge is 2.39. The number of halogens is 1. The summed E-state index contributed by atoms with van der Waals surface area (Å²) in [6, 6.07) is 11.8. The van der Waals surface area contributed by atoms with Crippen molar-refractivity contribution < 1.29 is 14.4 Å². The second kappa shape index (κ2) is 14.3. The predicted octanol–water partition coefficient (Wildman–Crippen LogP) is 4.66. The summed E-state index contributed by atoms with van der Waals surface area (Å²) < 4.78 is 0. The molecule has 6 heterocycles. The molecule has 11 heteroatoms. The summed E-state index contributed by atoms with van der Waals surface area (Å²) >= 11 is 6.53. The zero-order chi connectivity index (χ0) is 33.4. The maximum atomic E-state index is 14.3. The van der Waals surface area contributed by atoms with Crippen molar-refractivity contribution in [2.45, 2.75) is 77.0 Å². The number of rotatable bonds is 8. The van der Waals surface area contributed by atoms with Crippen LogP contribution in [0, 0.1) is 11.8 Å². The van der Waals surface area contributed by atoms with Crippen LogP contribution in [0.3, 0.4) is 0 Å². The fourth-order valence-electron chi connectivity index (χ4n) is 8.78. The average molecular weight is 676 g/mol. The first-order valence-electron chi connectivity index (χ1n) is 18.0. The molecule has 10 nitrogen and oxygen atoms in total. The van der Waals surface area contributed by atoms with Crippen LogP contribution in [-0.4, -0.2) is 107 Å². The average Bonchev–Trinajstić information content (AvgIpc) is 3.12. The molecule has 2 bridgehead atoms. The first-order valence-corrected chi connectivity index (χ1v) is 18.4. The molecule has 6 aliphatic heterocycles. The van der Waals surface area contributed by atoms with Gasteiger partial charge in [0.25, 0.3) is 0 Å². The summed E-state index contributed by atoms with van der Waals surface area (Å²) in [4.78, 5) is 52.0. The highest BCUT2D eigenvalue weighted by atomic mass is 35.5. The zero-order valence-electron chi connectivity index (χ0n) is 28.2. The number of carbonyl (C=O) groups is 3. The number of nitrogens with zero attached hydrogens (tertiary/aromatic N) is 5. The maximum absolute atomic E-state index is 14.3. The standard InChI is InChI=1S/C37H50ClN7O3/c1-2-27-19-26(21-31(38)35(27)39)20-29(36(47)44-17-15-42(16-18-44)33-22-25-7-11-41(33)12-8-25)23-34(46)43-13-9-30(10-14-43)45-24-28-5-3-4-6-32(28)40-37(45)48/h3-6,19,21,25,29-30,33H,2,7-18,20,22-24,39H2,1H3,(H,40,48)/t29-,33?/m0/s1. The number of hydrogen-bond acceptors (Lipinski definition) is 6. The minimum atomic E-state index is -0.481. The fourth-order valence-corrected chi connectivity index (χ4v) is 9.04. The monoisotopic (exact) mass is 675 g/mol. The van der Waals surface area contributed by atoms with Crippen molar-refractivity contribution in [1.29, 1.82) is 0 Å². The number of urea groups is 1. The van der Waals surface area contributed by atoms with Crippen LogP contribution in [0.4, 0.5) is 16.2 Å². The smallest absolute Gasteiger partial charge is 0.322 e. The van der Waals surface area contributed by atoms with Gasteiger partial charge in [0.15, 0.2) is 0 Å². The summed E-state index contributed by atoms with van der Waals surface area (Å²) in [6.07, 6.45) is 7.16. The molecule has 2 atom stereocenters. The molecule has 2 aromatic carbocycles. The first kappa shape index (κ1) is 33.2. The van der Waals surface area contributed by atoms with Crippen LogP contribution in [0.15, 0.2) is 36.4 Å². The van der Waals surface area contributed by atoms with Gasteiger partial charge in [0, 0.05) is 64.0 Å². The largest absolute Gasteiger partial charge is 0.397 e. The lowest BCUT2D eigenvalue weighted by molar-refractivity contribution is -0.144. The molecule has 5 fully saturated rings. The van der Waals surface area contributed by atoms with Gasteiger partial charge in [-0.25, -0.2) is 4.79 Å². The molecule has 0 saturated carbocycles. The lowest BCUT2D eigenvalue weighted by Crippen LogP contribution is -2.61. The Morgan fingerprint density at radius 2 is 1.65 bits per heavy atom. The molecule has 2 aromatic rings. The summed E-state index contributed by atoms with van der Waals surface area (Å²) in [5.74, 6) is 0.416. The molecule has 0 radical (unpaired) electrons.